The molecule has 1 aromatic heterocycles. The van der Waals surface area contributed by atoms with Crippen molar-refractivity contribution in [2.24, 2.45) is 5.92 Å². The fourth-order valence-electron chi connectivity index (χ4n) is 4.19. The molecule has 2 aliphatic heterocycles. The van der Waals surface area contributed by atoms with Crippen molar-refractivity contribution in [3.05, 3.63) is 36.0 Å². The Bertz CT molecular complexity index is 940. The third-order valence-corrected chi connectivity index (χ3v) is 5.67. The lowest BCUT2D eigenvalue weighted by Gasteiger charge is -2.33. The van der Waals surface area contributed by atoms with Gasteiger partial charge in [-0.15, -0.1) is 0 Å². The molecule has 0 spiro atoms. The quantitative estimate of drug-likeness (QED) is 0.748. The van der Waals surface area contributed by atoms with Crippen LogP contribution < -0.4 is 0 Å². The highest BCUT2D eigenvalue weighted by Crippen LogP contribution is 2.31. The Hall–Kier alpha value is -2.34. The summed E-state index contributed by atoms with van der Waals surface area (Å²) in [6, 6.07) is 6.71. The normalized spacial score (nSPS) is 23.5. The fraction of sp³-hybridized carbons (Fsp3) is 0.565. The number of rotatable bonds is 2. The topological polar surface area (TPSA) is 50.6 Å². The van der Waals surface area contributed by atoms with Gasteiger partial charge in [0.05, 0.1) is 17.3 Å². The van der Waals surface area contributed by atoms with Crippen LogP contribution in [0, 0.1) is 5.92 Å². The van der Waals surface area contributed by atoms with Gasteiger partial charge in [0.25, 0.3) is 0 Å². The molecule has 4 rings (SSSR count). The van der Waals surface area contributed by atoms with Gasteiger partial charge in [0.1, 0.15) is 5.60 Å². The maximum absolute atomic E-state index is 12.9. The molecule has 0 N–H and O–H groups in total. The molecule has 1 fully saturated rings. The smallest absolute Gasteiger partial charge is 0.414 e. The van der Waals surface area contributed by atoms with E-state index in [1.807, 2.05) is 20.8 Å². The first-order valence-corrected chi connectivity index (χ1v) is 10.6. The number of amides is 1. The molecule has 1 aromatic carbocycles. The largest absolute Gasteiger partial charge is 0.443 e. The van der Waals surface area contributed by atoms with Gasteiger partial charge in [-0.3, -0.25) is 9.58 Å². The van der Waals surface area contributed by atoms with E-state index in [9.17, 15) is 4.79 Å². The summed E-state index contributed by atoms with van der Waals surface area (Å²) >= 11 is 0. The summed E-state index contributed by atoms with van der Waals surface area (Å²) in [4.78, 5) is 17.0. The van der Waals surface area contributed by atoms with Crippen LogP contribution in [0.15, 0.2) is 30.5 Å². The summed E-state index contributed by atoms with van der Waals surface area (Å²) in [5.74, 6) is 0.414. The van der Waals surface area contributed by atoms with E-state index in [4.69, 9.17) is 9.84 Å². The Morgan fingerprint density at radius 2 is 2.03 bits per heavy atom. The number of hydrogen-bond donors (Lipinski definition) is 0. The number of likely N-dealkylation sites (tertiary alicyclic amines) is 1. The average Bonchev–Trinajstić information content (AvgIpc) is 3.25. The molecule has 1 saturated heterocycles. The maximum Gasteiger partial charge on any atom is 0.414 e. The summed E-state index contributed by atoms with van der Waals surface area (Å²) in [6.07, 6.45) is 6.12. The summed E-state index contributed by atoms with van der Waals surface area (Å²) < 4.78 is 7.78. The first-order valence-electron chi connectivity index (χ1n) is 10.6. The van der Waals surface area contributed by atoms with Gasteiger partial charge in [-0.1, -0.05) is 19.1 Å². The molecular formula is C23H32N4O2. The van der Waals surface area contributed by atoms with Gasteiger partial charge in [-0.25, -0.2) is 4.79 Å². The zero-order chi connectivity index (χ0) is 20.8. The van der Waals surface area contributed by atoms with Gasteiger partial charge < -0.3 is 9.64 Å². The Balaban J connectivity index is 1.63. The molecule has 0 aliphatic carbocycles. The monoisotopic (exact) mass is 396 g/mol. The Morgan fingerprint density at radius 3 is 2.72 bits per heavy atom. The molecule has 156 valence electrons. The third kappa shape index (κ3) is 4.32. The van der Waals surface area contributed by atoms with E-state index in [-0.39, 0.29) is 6.09 Å². The lowest BCUT2D eigenvalue weighted by Crippen LogP contribution is -2.39. The second-order valence-corrected chi connectivity index (χ2v) is 9.61. The van der Waals surface area contributed by atoms with Crippen molar-refractivity contribution < 1.29 is 9.53 Å². The molecule has 29 heavy (non-hydrogen) atoms. The number of likely N-dealkylation sites (N-methyl/N-ethyl adjacent to an activating group) is 1. The first-order chi connectivity index (χ1) is 13.7. The van der Waals surface area contributed by atoms with Crippen LogP contribution in [0.5, 0.6) is 0 Å². The van der Waals surface area contributed by atoms with Gasteiger partial charge in [0, 0.05) is 24.7 Å². The van der Waals surface area contributed by atoms with E-state index in [1.165, 1.54) is 0 Å². The van der Waals surface area contributed by atoms with E-state index in [2.05, 4.69) is 54.0 Å². The number of aromatic nitrogens is 2. The van der Waals surface area contributed by atoms with Crippen molar-refractivity contribution in [2.75, 3.05) is 26.7 Å². The summed E-state index contributed by atoms with van der Waals surface area (Å²) in [5, 5.41) is 5.91. The van der Waals surface area contributed by atoms with Crippen LogP contribution in [0.1, 0.15) is 52.1 Å². The van der Waals surface area contributed by atoms with Crippen LogP contribution in [0.2, 0.25) is 0 Å². The fourth-order valence-corrected chi connectivity index (χ4v) is 4.19. The van der Waals surface area contributed by atoms with Gasteiger partial charge >= 0.3 is 6.09 Å². The zero-order valence-corrected chi connectivity index (χ0v) is 18.2. The van der Waals surface area contributed by atoms with E-state index in [1.54, 1.807) is 4.90 Å². The lowest BCUT2D eigenvalue weighted by molar-refractivity contribution is 0.0327. The van der Waals surface area contributed by atoms with Crippen molar-refractivity contribution in [3.8, 4) is 0 Å². The van der Waals surface area contributed by atoms with Crippen molar-refractivity contribution in [2.45, 2.75) is 52.2 Å². The van der Waals surface area contributed by atoms with Gasteiger partial charge in [0.15, 0.2) is 0 Å². The van der Waals surface area contributed by atoms with Crippen molar-refractivity contribution in [1.82, 2.24) is 19.6 Å². The molecule has 1 amide bonds. The Kier molecular flexibility index (Phi) is 5.15. The predicted octanol–water partition coefficient (Wildman–Crippen LogP) is 4.53. The summed E-state index contributed by atoms with van der Waals surface area (Å²) in [6.45, 7) is 10.7. The molecule has 0 radical (unpaired) electrons. The molecule has 2 aliphatic rings. The second kappa shape index (κ2) is 7.48. The molecule has 3 heterocycles. The van der Waals surface area contributed by atoms with Gasteiger partial charge in [-0.05, 0) is 70.8 Å². The first kappa shape index (κ1) is 20.0. The molecule has 2 aromatic rings. The van der Waals surface area contributed by atoms with Gasteiger partial charge in [-0.2, -0.15) is 5.10 Å². The predicted molar refractivity (Wildman–Crippen MR) is 116 cm³/mol. The SMILES string of the molecule is CC1CC=C(c2ccc3nn(C4CCN(C)C4)cc3c2)N(C(=O)OC(C)(C)C)C1. The van der Waals surface area contributed by atoms with Crippen LogP contribution in [0.4, 0.5) is 4.79 Å². The maximum atomic E-state index is 12.9. The number of carbonyl (C=O) groups excluding carboxylic acids is 1. The second-order valence-electron chi connectivity index (χ2n) is 9.61. The van der Waals surface area contributed by atoms with Crippen LogP contribution in [-0.2, 0) is 4.74 Å². The average molecular weight is 397 g/mol. The highest BCUT2D eigenvalue weighted by molar-refractivity contribution is 5.87. The molecular weight excluding hydrogens is 364 g/mol. The van der Waals surface area contributed by atoms with Crippen molar-refractivity contribution in [1.29, 1.82) is 0 Å². The third-order valence-electron chi connectivity index (χ3n) is 5.67. The van der Waals surface area contributed by atoms with Gasteiger partial charge in [0.2, 0.25) is 0 Å². The number of allylic oxidation sites excluding steroid dienone is 1. The van der Waals surface area contributed by atoms with Crippen LogP contribution in [-0.4, -0.2) is 58.0 Å². The standard InChI is InChI=1S/C23H32N4O2/c1-16-6-9-21(26(13-16)22(28)29-23(2,3)4)17-7-8-20-18(12-17)14-27(24-20)19-10-11-25(5)15-19/h7-9,12,14,16,19H,6,10-11,13,15H2,1-5H3. The molecule has 2 atom stereocenters. The summed E-state index contributed by atoms with van der Waals surface area (Å²) in [5.41, 5.74) is 2.46. The zero-order valence-electron chi connectivity index (χ0n) is 18.2. The van der Waals surface area contributed by atoms with Crippen molar-refractivity contribution >= 4 is 22.7 Å². The van der Waals surface area contributed by atoms with Crippen LogP contribution in [0.3, 0.4) is 0 Å². The number of ether oxygens (including phenoxy) is 1. The van der Waals surface area contributed by atoms with Crippen LogP contribution >= 0.6 is 0 Å². The molecule has 6 nitrogen and oxygen atoms in total. The Morgan fingerprint density at radius 1 is 1.24 bits per heavy atom. The Labute approximate surface area is 173 Å². The molecule has 2 unspecified atom stereocenters. The molecule has 6 heteroatoms. The highest BCUT2D eigenvalue weighted by atomic mass is 16.6. The number of nitrogens with zero attached hydrogens (tertiary/aromatic N) is 4. The molecule has 0 bridgehead atoms. The number of hydrogen-bond acceptors (Lipinski definition) is 4. The number of fused-ring (bicyclic) bond motifs is 1. The summed E-state index contributed by atoms with van der Waals surface area (Å²) in [7, 11) is 2.16. The minimum atomic E-state index is -0.511. The van der Waals surface area contributed by atoms with E-state index >= 15 is 0 Å². The van der Waals surface area contributed by atoms with Crippen LogP contribution in [0.25, 0.3) is 16.6 Å². The minimum Gasteiger partial charge on any atom is -0.443 e. The number of benzene rings is 1. The number of carbonyl (C=O) groups is 1. The minimum absolute atomic E-state index is 0.278. The lowest BCUT2D eigenvalue weighted by atomic mass is 9.98. The van der Waals surface area contributed by atoms with E-state index in [0.29, 0.717) is 18.5 Å². The highest BCUT2D eigenvalue weighted by Gasteiger charge is 2.29. The molecule has 0 saturated carbocycles. The van der Waals surface area contributed by atoms with E-state index in [0.717, 1.165) is 48.1 Å². The van der Waals surface area contributed by atoms with Crippen molar-refractivity contribution in [3.63, 3.8) is 0 Å². The van der Waals surface area contributed by atoms with E-state index < -0.39 is 5.60 Å².